The molecule has 6 nitrogen and oxygen atoms in total. The number of carbonyl (C=O) groups excluding carboxylic acids is 1. The van der Waals surface area contributed by atoms with Crippen LogP contribution in [0.2, 0.25) is 5.02 Å². The first-order chi connectivity index (χ1) is 7.66. The molecule has 16 heavy (non-hydrogen) atoms. The number of halogens is 1. The lowest BCUT2D eigenvalue weighted by Gasteiger charge is -2.03. The van der Waals surface area contributed by atoms with E-state index in [1.807, 2.05) is 0 Å². The molecule has 2 aromatic rings. The predicted molar refractivity (Wildman–Crippen MR) is 58.3 cm³/mol. The van der Waals surface area contributed by atoms with Gasteiger partial charge in [0.25, 0.3) is 5.91 Å². The smallest absolute Gasteiger partial charge is 0.261 e. The van der Waals surface area contributed by atoms with E-state index in [-0.39, 0.29) is 11.9 Å². The van der Waals surface area contributed by atoms with Crippen LogP contribution in [0, 0.1) is 6.92 Å². The van der Waals surface area contributed by atoms with Crippen molar-refractivity contribution in [3.8, 4) is 0 Å². The minimum Gasteiger partial charge on any atom is -0.291 e. The Morgan fingerprint density at radius 1 is 1.50 bits per heavy atom. The van der Waals surface area contributed by atoms with Crippen molar-refractivity contribution in [2.24, 2.45) is 0 Å². The molecule has 2 heterocycles. The van der Waals surface area contributed by atoms with Gasteiger partial charge in [-0.05, 0) is 13.0 Å². The number of pyridine rings is 1. The molecular weight excluding hydrogens is 230 g/mol. The van der Waals surface area contributed by atoms with E-state index in [0.717, 1.165) is 5.69 Å². The molecule has 7 heteroatoms. The highest BCUT2D eigenvalue weighted by molar-refractivity contribution is 6.34. The summed E-state index contributed by atoms with van der Waals surface area (Å²) in [6, 6.07) is 1.62. The molecule has 82 valence electrons. The summed E-state index contributed by atoms with van der Waals surface area (Å²) in [5.41, 5.74) is 1.05. The average molecular weight is 238 g/mol. The Balaban J connectivity index is 2.21. The van der Waals surface area contributed by atoms with E-state index in [1.54, 1.807) is 13.0 Å². The molecule has 2 N–H and O–H groups in total. The number of hydrogen-bond donors (Lipinski definition) is 2. The highest BCUT2D eigenvalue weighted by Crippen LogP contribution is 2.16. The average Bonchev–Trinajstić information content (AvgIpc) is 2.70. The van der Waals surface area contributed by atoms with Gasteiger partial charge in [0.05, 0.1) is 10.6 Å². The van der Waals surface area contributed by atoms with E-state index in [4.69, 9.17) is 11.6 Å². The van der Waals surface area contributed by atoms with E-state index < -0.39 is 0 Å². The van der Waals surface area contributed by atoms with E-state index in [0.29, 0.717) is 10.6 Å². The van der Waals surface area contributed by atoms with Gasteiger partial charge < -0.3 is 0 Å². The highest BCUT2D eigenvalue weighted by Gasteiger charge is 2.12. The lowest BCUT2D eigenvalue weighted by Crippen LogP contribution is -2.14. The number of carbonyl (C=O) groups is 1. The number of rotatable bonds is 2. The van der Waals surface area contributed by atoms with Crippen molar-refractivity contribution >= 4 is 23.5 Å². The topological polar surface area (TPSA) is 83.6 Å². The van der Waals surface area contributed by atoms with Gasteiger partial charge >= 0.3 is 0 Å². The zero-order valence-electron chi connectivity index (χ0n) is 8.36. The van der Waals surface area contributed by atoms with Crippen molar-refractivity contribution in [1.82, 2.24) is 20.2 Å². The van der Waals surface area contributed by atoms with Crippen LogP contribution in [0.1, 0.15) is 16.1 Å². The molecule has 0 aliphatic heterocycles. The lowest BCUT2D eigenvalue weighted by atomic mass is 10.2. The van der Waals surface area contributed by atoms with Crippen molar-refractivity contribution in [2.45, 2.75) is 6.92 Å². The van der Waals surface area contributed by atoms with Gasteiger partial charge in [0, 0.05) is 11.9 Å². The highest BCUT2D eigenvalue weighted by atomic mass is 35.5. The number of aromatic nitrogens is 4. The fourth-order valence-electron chi connectivity index (χ4n) is 1.13. The van der Waals surface area contributed by atoms with Crippen molar-refractivity contribution in [1.29, 1.82) is 0 Å². The van der Waals surface area contributed by atoms with Crippen LogP contribution >= 0.6 is 11.6 Å². The Hall–Kier alpha value is -1.95. The molecule has 0 radical (unpaired) electrons. The van der Waals surface area contributed by atoms with E-state index >= 15 is 0 Å². The molecule has 2 rings (SSSR count). The molecule has 0 bridgehead atoms. The van der Waals surface area contributed by atoms with Gasteiger partial charge in [0.2, 0.25) is 5.95 Å². The van der Waals surface area contributed by atoms with Gasteiger partial charge in [-0.25, -0.2) is 5.10 Å². The Labute approximate surface area is 96.1 Å². The summed E-state index contributed by atoms with van der Waals surface area (Å²) in [4.78, 5) is 19.5. The minimum atomic E-state index is -0.380. The van der Waals surface area contributed by atoms with Crippen LogP contribution in [-0.4, -0.2) is 26.1 Å². The second-order valence-electron chi connectivity index (χ2n) is 3.09. The molecule has 0 saturated heterocycles. The maximum absolute atomic E-state index is 11.7. The zero-order valence-corrected chi connectivity index (χ0v) is 9.12. The van der Waals surface area contributed by atoms with Gasteiger partial charge in [0.1, 0.15) is 6.33 Å². The Bertz CT molecular complexity index is 511. The largest absolute Gasteiger partial charge is 0.291 e. The number of nitrogens with zero attached hydrogens (tertiary/aromatic N) is 3. The number of hydrogen-bond acceptors (Lipinski definition) is 4. The normalized spacial score (nSPS) is 10.1. The second kappa shape index (κ2) is 4.28. The molecule has 0 aromatic carbocycles. The summed E-state index contributed by atoms with van der Waals surface area (Å²) in [5.74, 6) is -0.115. The molecule has 2 aromatic heterocycles. The third-order valence-corrected chi connectivity index (χ3v) is 2.19. The van der Waals surface area contributed by atoms with Crippen LogP contribution in [0.3, 0.4) is 0 Å². The van der Waals surface area contributed by atoms with Crippen LogP contribution in [0.5, 0.6) is 0 Å². The maximum Gasteiger partial charge on any atom is 0.261 e. The Morgan fingerprint density at radius 2 is 2.31 bits per heavy atom. The standard InChI is InChI=1S/C9H8ClN5O/c1-5-2-7(10)6(3-11-5)8(16)14-9-12-4-13-15-9/h2-4H,1H3,(H2,12,13,14,15,16). The fourth-order valence-corrected chi connectivity index (χ4v) is 1.43. The monoisotopic (exact) mass is 237 g/mol. The minimum absolute atomic E-state index is 0.265. The molecular formula is C9H8ClN5O. The fraction of sp³-hybridized carbons (Fsp3) is 0.111. The molecule has 0 aliphatic rings. The molecule has 0 atom stereocenters. The van der Waals surface area contributed by atoms with E-state index in [1.165, 1.54) is 12.5 Å². The first-order valence-corrected chi connectivity index (χ1v) is 4.83. The number of H-pyrrole nitrogens is 1. The van der Waals surface area contributed by atoms with E-state index in [2.05, 4.69) is 25.5 Å². The lowest BCUT2D eigenvalue weighted by molar-refractivity contribution is 0.102. The second-order valence-corrected chi connectivity index (χ2v) is 3.50. The SMILES string of the molecule is Cc1cc(Cl)c(C(=O)Nc2ncn[nH]2)cn1. The summed E-state index contributed by atoms with van der Waals surface area (Å²) >= 11 is 5.92. The van der Waals surface area contributed by atoms with Crippen molar-refractivity contribution in [3.63, 3.8) is 0 Å². The van der Waals surface area contributed by atoms with Gasteiger partial charge in [-0.3, -0.25) is 15.1 Å². The summed E-state index contributed by atoms with van der Waals surface area (Å²) in [5, 5.41) is 8.98. The molecule has 0 saturated carbocycles. The predicted octanol–water partition coefficient (Wildman–Crippen LogP) is 1.41. The third kappa shape index (κ3) is 2.17. The maximum atomic E-state index is 11.7. The molecule has 0 aliphatic carbocycles. The van der Waals surface area contributed by atoms with Crippen molar-refractivity contribution in [3.05, 3.63) is 34.9 Å². The summed E-state index contributed by atoms with van der Waals surface area (Å²) in [6.45, 7) is 1.80. The first-order valence-electron chi connectivity index (χ1n) is 4.45. The Morgan fingerprint density at radius 3 is 2.94 bits per heavy atom. The Kier molecular flexibility index (Phi) is 2.82. The number of anilines is 1. The van der Waals surface area contributed by atoms with Crippen LogP contribution in [0.15, 0.2) is 18.6 Å². The summed E-state index contributed by atoms with van der Waals surface area (Å²) in [7, 11) is 0. The van der Waals surface area contributed by atoms with E-state index in [9.17, 15) is 4.79 Å². The van der Waals surface area contributed by atoms with Gasteiger partial charge in [0.15, 0.2) is 0 Å². The van der Waals surface area contributed by atoms with Crippen LogP contribution < -0.4 is 5.32 Å². The number of amides is 1. The zero-order chi connectivity index (χ0) is 11.5. The summed E-state index contributed by atoms with van der Waals surface area (Å²) in [6.07, 6.45) is 2.72. The van der Waals surface area contributed by atoms with Gasteiger partial charge in [-0.2, -0.15) is 10.1 Å². The van der Waals surface area contributed by atoms with Crippen LogP contribution in [0.4, 0.5) is 5.95 Å². The quantitative estimate of drug-likeness (QED) is 0.827. The van der Waals surface area contributed by atoms with Crippen molar-refractivity contribution < 1.29 is 4.79 Å². The molecule has 1 amide bonds. The van der Waals surface area contributed by atoms with Crippen LogP contribution in [-0.2, 0) is 0 Å². The third-order valence-electron chi connectivity index (χ3n) is 1.88. The number of nitrogens with one attached hydrogen (secondary N) is 2. The molecule has 0 unspecified atom stereocenters. The number of aromatic amines is 1. The molecule has 0 fully saturated rings. The number of aryl methyl sites for hydroxylation is 1. The summed E-state index contributed by atoms with van der Waals surface area (Å²) < 4.78 is 0. The van der Waals surface area contributed by atoms with Gasteiger partial charge in [-0.15, -0.1) is 0 Å². The van der Waals surface area contributed by atoms with Gasteiger partial charge in [-0.1, -0.05) is 11.6 Å². The van der Waals surface area contributed by atoms with Crippen molar-refractivity contribution in [2.75, 3.05) is 5.32 Å². The van der Waals surface area contributed by atoms with Crippen LogP contribution in [0.25, 0.3) is 0 Å². The molecule has 0 spiro atoms. The first kappa shape index (κ1) is 10.6.